The Labute approximate surface area is 134 Å². The van der Waals surface area contributed by atoms with Crippen molar-refractivity contribution < 1.29 is 23.8 Å². The minimum Gasteiger partial charge on any atom is -0.494 e. The summed E-state index contributed by atoms with van der Waals surface area (Å²) < 4.78 is 18.6. The molecule has 0 spiro atoms. The van der Waals surface area contributed by atoms with Crippen LogP contribution in [0, 0.1) is 23.6 Å². The van der Waals surface area contributed by atoms with Gasteiger partial charge in [0.05, 0.1) is 19.4 Å². The molecular weight excluding hydrogens is 301 g/mol. The number of hydrogen-bond acceptors (Lipinski definition) is 3. The highest BCUT2D eigenvalue weighted by atomic mass is 19.1. The number of rotatable bonds is 5. The molecule has 124 valence electrons. The van der Waals surface area contributed by atoms with Gasteiger partial charge in [0.15, 0.2) is 11.6 Å². The van der Waals surface area contributed by atoms with Crippen molar-refractivity contribution in [1.29, 1.82) is 0 Å². The maximum Gasteiger partial charge on any atom is 0.308 e. The molecule has 0 unspecified atom stereocenters. The summed E-state index contributed by atoms with van der Waals surface area (Å²) in [7, 11) is 1.39. The van der Waals surface area contributed by atoms with E-state index in [-0.39, 0.29) is 30.5 Å². The molecule has 1 amide bonds. The summed E-state index contributed by atoms with van der Waals surface area (Å²) in [5.74, 6) is -1.31. The summed E-state index contributed by atoms with van der Waals surface area (Å²) in [5.41, 5.74) is 0.565. The van der Waals surface area contributed by atoms with Crippen LogP contribution in [0.25, 0.3) is 0 Å². The van der Waals surface area contributed by atoms with Gasteiger partial charge in [-0.25, -0.2) is 4.39 Å². The molecule has 1 N–H and O–H groups in total. The lowest BCUT2D eigenvalue weighted by atomic mass is 9.92. The number of halogens is 1. The molecular formula is C17H20FNO4. The quantitative estimate of drug-likeness (QED) is 0.900. The average molecular weight is 321 g/mol. The third-order valence-electron chi connectivity index (χ3n) is 4.83. The first-order valence-electron chi connectivity index (χ1n) is 7.82. The lowest BCUT2D eigenvalue weighted by molar-refractivity contribution is -0.142. The number of methoxy groups -OCH3 is 1. The molecule has 0 radical (unpaired) electrons. The lowest BCUT2D eigenvalue weighted by Crippen LogP contribution is -2.31. The highest BCUT2D eigenvalue weighted by Gasteiger charge is 2.46. The minimum atomic E-state index is -0.826. The molecule has 1 aliphatic carbocycles. The van der Waals surface area contributed by atoms with E-state index in [4.69, 9.17) is 4.74 Å². The molecule has 1 aromatic rings. The Morgan fingerprint density at radius 3 is 2.65 bits per heavy atom. The molecule has 2 aliphatic rings. The number of carboxylic acid groups (broad SMARTS) is 1. The van der Waals surface area contributed by atoms with Crippen LogP contribution < -0.4 is 4.74 Å². The summed E-state index contributed by atoms with van der Waals surface area (Å²) in [6.45, 7) is 0.757. The fourth-order valence-electron chi connectivity index (χ4n) is 3.40. The zero-order valence-corrected chi connectivity index (χ0v) is 13.0. The van der Waals surface area contributed by atoms with E-state index in [9.17, 15) is 19.1 Å². The van der Waals surface area contributed by atoms with Gasteiger partial charge < -0.3 is 14.7 Å². The standard InChI is InChI=1S/C17H20FNO4/c1-23-15-5-2-10(6-14(15)18)7-16(20)19-8-12(11-3-4-11)13(9-19)17(21)22/h2,5-6,11-13H,3-4,7-9H2,1H3,(H,21,22)/t12-,13+/m1/s1. The molecule has 1 saturated carbocycles. The van der Waals surface area contributed by atoms with Crippen LogP contribution in [-0.4, -0.2) is 42.1 Å². The van der Waals surface area contributed by atoms with Crippen LogP contribution in [-0.2, 0) is 16.0 Å². The highest BCUT2D eigenvalue weighted by molar-refractivity contribution is 5.81. The number of nitrogens with zero attached hydrogens (tertiary/aromatic N) is 1. The number of aliphatic carboxylic acids is 1. The van der Waals surface area contributed by atoms with Crippen molar-refractivity contribution in [3.8, 4) is 5.75 Å². The van der Waals surface area contributed by atoms with Crippen molar-refractivity contribution in [3.05, 3.63) is 29.6 Å². The van der Waals surface area contributed by atoms with Gasteiger partial charge in [0.25, 0.3) is 0 Å². The summed E-state index contributed by atoms with van der Waals surface area (Å²) in [5, 5.41) is 9.34. The van der Waals surface area contributed by atoms with Gasteiger partial charge in [-0.1, -0.05) is 6.07 Å². The second-order valence-corrected chi connectivity index (χ2v) is 6.39. The third-order valence-corrected chi connectivity index (χ3v) is 4.83. The molecule has 3 rings (SSSR count). The van der Waals surface area contributed by atoms with E-state index in [1.165, 1.54) is 19.2 Å². The van der Waals surface area contributed by atoms with E-state index in [2.05, 4.69) is 0 Å². The molecule has 6 heteroatoms. The third kappa shape index (κ3) is 3.30. The van der Waals surface area contributed by atoms with E-state index in [0.717, 1.165) is 12.8 Å². The molecule has 0 aromatic heterocycles. The fourth-order valence-corrected chi connectivity index (χ4v) is 3.40. The Hall–Kier alpha value is -2.11. The van der Waals surface area contributed by atoms with Crippen molar-refractivity contribution in [3.63, 3.8) is 0 Å². The molecule has 1 aromatic carbocycles. The summed E-state index contributed by atoms with van der Waals surface area (Å²) in [6, 6.07) is 4.44. The summed E-state index contributed by atoms with van der Waals surface area (Å²) in [6.07, 6.45) is 2.19. The summed E-state index contributed by atoms with van der Waals surface area (Å²) >= 11 is 0. The van der Waals surface area contributed by atoms with Crippen LogP contribution >= 0.6 is 0 Å². The topological polar surface area (TPSA) is 66.8 Å². The van der Waals surface area contributed by atoms with Gasteiger partial charge >= 0.3 is 5.97 Å². The Bertz CT molecular complexity index is 629. The first-order chi connectivity index (χ1) is 11.0. The van der Waals surface area contributed by atoms with Gasteiger partial charge in [-0.3, -0.25) is 9.59 Å². The zero-order chi connectivity index (χ0) is 16.6. The lowest BCUT2D eigenvalue weighted by Gasteiger charge is -2.16. The Morgan fingerprint density at radius 1 is 1.35 bits per heavy atom. The minimum absolute atomic E-state index is 0.0593. The van der Waals surface area contributed by atoms with E-state index in [1.807, 2.05) is 0 Å². The second kappa shape index (κ2) is 6.18. The van der Waals surface area contributed by atoms with E-state index in [0.29, 0.717) is 18.0 Å². The molecule has 0 bridgehead atoms. The van der Waals surface area contributed by atoms with Crippen molar-refractivity contribution in [2.24, 2.45) is 17.8 Å². The average Bonchev–Trinajstić information content (AvgIpc) is 3.25. The normalized spacial score (nSPS) is 23.8. The van der Waals surface area contributed by atoms with E-state index >= 15 is 0 Å². The fraction of sp³-hybridized carbons (Fsp3) is 0.529. The van der Waals surface area contributed by atoms with Crippen LogP contribution in [0.2, 0.25) is 0 Å². The van der Waals surface area contributed by atoms with Crippen molar-refractivity contribution in [2.75, 3.05) is 20.2 Å². The predicted octanol–water partition coefficient (Wildman–Crippen LogP) is 1.95. The monoisotopic (exact) mass is 321 g/mol. The number of carbonyl (C=O) groups is 2. The smallest absolute Gasteiger partial charge is 0.308 e. The number of carbonyl (C=O) groups excluding carboxylic acids is 1. The summed E-state index contributed by atoms with van der Waals surface area (Å²) in [4.78, 5) is 25.4. The van der Waals surface area contributed by atoms with Crippen LogP contribution in [0.1, 0.15) is 18.4 Å². The van der Waals surface area contributed by atoms with Gasteiger partial charge in [0.2, 0.25) is 5.91 Å². The second-order valence-electron chi connectivity index (χ2n) is 6.39. The number of ether oxygens (including phenoxy) is 1. The first kappa shape index (κ1) is 15.8. The van der Waals surface area contributed by atoms with Crippen LogP contribution in [0.4, 0.5) is 4.39 Å². The van der Waals surface area contributed by atoms with Gasteiger partial charge in [-0.15, -0.1) is 0 Å². The van der Waals surface area contributed by atoms with E-state index < -0.39 is 17.7 Å². The molecule has 5 nitrogen and oxygen atoms in total. The van der Waals surface area contributed by atoms with Crippen molar-refractivity contribution >= 4 is 11.9 Å². The van der Waals surface area contributed by atoms with E-state index in [1.54, 1.807) is 11.0 Å². The van der Waals surface area contributed by atoms with Crippen molar-refractivity contribution in [2.45, 2.75) is 19.3 Å². The number of benzene rings is 1. The Kier molecular flexibility index (Phi) is 4.24. The number of hydrogen-bond donors (Lipinski definition) is 1. The maximum absolute atomic E-state index is 13.7. The van der Waals surface area contributed by atoms with Gasteiger partial charge in [0.1, 0.15) is 0 Å². The van der Waals surface area contributed by atoms with Gasteiger partial charge in [-0.05, 0) is 42.4 Å². The van der Waals surface area contributed by atoms with Crippen LogP contribution in [0.3, 0.4) is 0 Å². The molecule has 1 saturated heterocycles. The van der Waals surface area contributed by atoms with Crippen LogP contribution in [0.5, 0.6) is 5.75 Å². The molecule has 23 heavy (non-hydrogen) atoms. The molecule has 1 aliphatic heterocycles. The largest absolute Gasteiger partial charge is 0.494 e. The number of carboxylic acids is 1. The molecule has 1 heterocycles. The Balaban J connectivity index is 1.66. The van der Waals surface area contributed by atoms with Crippen LogP contribution in [0.15, 0.2) is 18.2 Å². The number of likely N-dealkylation sites (tertiary alicyclic amines) is 1. The van der Waals surface area contributed by atoms with Gasteiger partial charge in [-0.2, -0.15) is 0 Å². The predicted molar refractivity (Wildman–Crippen MR) is 80.6 cm³/mol. The van der Waals surface area contributed by atoms with Gasteiger partial charge in [0, 0.05) is 13.1 Å². The zero-order valence-electron chi connectivity index (χ0n) is 13.0. The highest BCUT2D eigenvalue weighted by Crippen LogP contribution is 2.44. The molecule has 2 fully saturated rings. The van der Waals surface area contributed by atoms with Crippen molar-refractivity contribution in [1.82, 2.24) is 4.90 Å². The first-order valence-corrected chi connectivity index (χ1v) is 7.82. The SMILES string of the molecule is COc1ccc(CC(=O)N2C[C@H](C(=O)O)[C@@H](C3CC3)C2)cc1F. The molecule has 2 atom stereocenters. The Morgan fingerprint density at radius 2 is 2.09 bits per heavy atom. The maximum atomic E-state index is 13.7. The number of amides is 1.